The molecule has 1 aromatic heterocycles. The number of nitrogen functional groups attached to an aromatic ring is 1. The summed E-state index contributed by atoms with van der Waals surface area (Å²) in [5, 5.41) is 0. The lowest BCUT2D eigenvalue weighted by Gasteiger charge is -2.10. The molecule has 1 aliphatic carbocycles. The second-order valence-electron chi connectivity index (χ2n) is 6.12. The van der Waals surface area contributed by atoms with Gasteiger partial charge in [-0.3, -0.25) is 0 Å². The van der Waals surface area contributed by atoms with Gasteiger partial charge in [0.05, 0.1) is 11.0 Å². The van der Waals surface area contributed by atoms with Crippen molar-refractivity contribution < 1.29 is 0 Å². The first-order valence-corrected chi connectivity index (χ1v) is 7.48. The number of nitrogens with zero attached hydrogens (tertiary/aromatic N) is 2. The van der Waals surface area contributed by atoms with Gasteiger partial charge in [-0.15, -0.1) is 0 Å². The highest BCUT2D eigenvalue weighted by Crippen LogP contribution is 2.42. The molecule has 3 nitrogen and oxygen atoms in total. The monoisotopic (exact) mass is 277 g/mol. The Bertz CT molecular complexity index is 841. The molecule has 0 radical (unpaired) electrons. The van der Waals surface area contributed by atoms with Crippen molar-refractivity contribution >= 4 is 16.7 Å². The van der Waals surface area contributed by atoms with Crippen molar-refractivity contribution in [2.24, 2.45) is 0 Å². The van der Waals surface area contributed by atoms with Crippen molar-refractivity contribution in [3.8, 4) is 11.4 Å². The van der Waals surface area contributed by atoms with E-state index in [1.165, 1.54) is 29.5 Å². The molecule has 1 fully saturated rings. The number of hydrogen-bond donors (Lipinski definition) is 1. The standard InChI is InChI=1S/C18H19N3/c1-11-3-7-15(19)14(9-11)18-20-16-10-12(2)4-8-17(16)21(18)13-5-6-13/h3-4,7-10,13H,5-6,19H2,1-2H3. The van der Waals surface area contributed by atoms with E-state index in [0.29, 0.717) is 6.04 Å². The van der Waals surface area contributed by atoms with Crippen LogP contribution in [0.5, 0.6) is 0 Å². The summed E-state index contributed by atoms with van der Waals surface area (Å²) < 4.78 is 2.37. The van der Waals surface area contributed by atoms with Crippen molar-refractivity contribution in [2.45, 2.75) is 32.7 Å². The summed E-state index contributed by atoms with van der Waals surface area (Å²) in [6.07, 6.45) is 2.47. The largest absolute Gasteiger partial charge is 0.398 e. The van der Waals surface area contributed by atoms with E-state index in [2.05, 4.69) is 42.7 Å². The van der Waals surface area contributed by atoms with Crippen LogP contribution in [0, 0.1) is 13.8 Å². The SMILES string of the molecule is Cc1ccc(N)c(-c2nc3cc(C)ccc3n2C2CC2)c1. The van der Waals surface area contributed by atoms with Crippen LogP contribution in [0.15, 0.2) is 36.4 Å². The van der Waals surface area contributed by atoms with Gasteiger partial charge in [-0.1, -0.05) is 17.7 Å². The van der Waals surface area contributed by atoms with Crippen molar-refractivity contribution in [1.29, 1.82) is 0 Å². The second-order valence-corrected chi connectivity index (χ2v) is 6.12. The summed E-state index contributed by atoms with van der Waals surface area (Å²) in [5.74, 6) is 1.01. The molecule has 1 aliphatic rings. The maximum absolute atomic E-state index is 6.21. The van der Waals surface area contributed by atoms with Crippen LogP contribution in [0.2, 0.25) is 0 Å². The number of rotatable bonds is 2. The van der Waals surface area contributed by atoms with Crippen molar-refractivity contribution in [3.05, 3.63) is 47.5 Å². The number of aromatic nitrogens is 2. The zero-order valence-corrected chi connectivity index (χ0v) is 12.4. The van der Waals surface area contributed by atoms with E-state index in [1.54, 1.807) is 0 Å². The molecule has 0 spiro atoms. The number of fused-ring (bicyclic) bond motifs is 1. The zero-order valence-electron chi connectivity index (χ0n) is 12.4. The van der Waals surface area contributed by atoms with Crippen LogP contribution in [0.25, 0.3) is 22.4 Å². The Balaban J connectivity index is 2.03. The third-order valence-electron chi connectivity index (χ3n) is 4.21. The van der Waals surface area contributed by atoms with Gasteiger partial charge in [0.1, 0.15) is 5.82 Å². The normalized spacial score (nSPS) is 14.8. The molecule has 3 heteroatoms. The lowest BCUT2D eigenvalue weighted by Crippen LogP contribution is -2.00. The summed E-state index contributed by atoms with van der Waals surface area (Å²) in [6.45, 7) is 4.20. The van der Waals surface area contributed by atoms with E-state index in [1.807, 2.05) is 12.1 Å². The van der Waals surface area contributed by atoms with Gasteiger partial charge < -0.3 is 10.3 Å². The molecule has 21 heavy (non-hydrogen) atoms. The molecule has 0 amide bonds. The predicted molar refractivity (Wildman–Crippen MR) is 87.3 cm³/mol. The summed E-state index contributed by atoms with van der Waals surface area (Å²) >= 11 is 0. The molecule has 2 aromatic carbocycles. The molecule has 106 valence electrons. The summed E-state index contributed by atoms with van der Waals surface area (Å²) in [7, 11) is 0. The second kappa shape index (κ2) is 4.35. The highest BCUT2D eigenvalue weighted by molar-refractivity contribution is 5.84. The Morgan fingerprint density at radius 1 is 1.05 bits per heavy atom. The van der Waals surface area contributed by atoms with Crippen molar-refractivity contribution in [3.63, 3.8) is 0 Å². The maximum atomic E-state index is 6.21. The average molecular weight is 277 g/mol. The third kappa shape index (κ3) is 2.00. The quantitative estimate of drug-likeness (QED) is 0.712. The van der Waals surface area contributed by atoms with Gasteiger partial charge in [0.15, 0.2) is 0 Å². The topological polar surface area (TPSA) is 43.8 Å². The Morgan fingerprint density at radius 3 is 2.52 bits per heavy atom. The Labute approximate surface area is 124 Å². The lowest BCUT2D eigenvalue weighted by atomic mass is 10.1. The fourth-order valence-electron chi connectivity index (χ4n) is 2.96. The summed E-state index contributed by atoms with van der Waals surface area (Å²) in [4.78, 5) is 4.89. The first kappa shape index (κ1) is 12.5. The highest BCUT2D eigenvalue weighted by Gasteiger charge is 2.29. The van der Waals surface area contributed by atoms with Gasteiger partial charge in [0, 0.05) is 17.3 Å². The molecular formula is C18H19N3. The Kier molecular flexibility index (Phi) is 2.58. The average Bonchev–Trinajstić information content (AvgIpc) is 3.22. The van der Waals surface area contributed by atoms with E-state index in [0.717, 1.165) is 22.6 Å². The van der Waals surface area contributed by atoms with Crippen LogP contribution >= 0.6 is 0 Å². The van der Waals surface area contributed by atoms with E-state index >= 15 is 0 Å². The molecule has 3 aromatic rings. The van der Waals surface area contributed by atoms with Crippen LogP contribution in [0.4, 0.5) is 5.69 Å². The highest BCUT2D eigenvalue weighted by atomic mass is 15.1. The molecule has 2 N–H and O–H groups in total. The Morgan fingerprint density at radius 2 is 1.76 bits per heavy atom. The summed E-state index contributed by atoms with van der Waals surface area (Å²) in [6, 6.07) is 13.2. The zero-order chi connectivity index (χ0) is 14.6. The summed E-state index contributed by atoms with van der Waals surface area (Å²) in [5.41, 5.74) is 12.8. The van der Waals surface area contributed by atoms with Gasteiger partial charge in [0.25, 0.3) is 0 Å². The van der Waals surface area contributed by atoms with Crippen molar-refractivity contribution in [2.75, 3.05) is 5.73 Å². The minimum Gasteiger partial charge on any atom is -0.398 e. The fourth-order valence-corrected chi connectivity index (χ4v) is 2.96. The fraction of sp³-hybridized carbons (Fsp3) is 0.278. The van der Waals surface area contributed by atoms with E-state index in [-0.39, 0.29) is 0 Å². The molecule has 1 heterocycles. The first-order chi connectivity index (χ1) is 10.1. The van der Waals surface area contributed by atoms with Crippen LogP contribution < -0.4 is 5.73 Å². The van der Waals surface area contributed by atoms with Gasteiger partial charge in [-0.2, -0.15) is 0 Å². The maximum Gasteiger partial charge on any atom is 0.143 e. The van der Waals surface area contributed by atoms with Crippen molar-refractivity contribution in [1.82, 2.24) is 9.55 Å². The van der Waals surface area contributed by atoms with Crippen LogP contribution in [-0.4, -0.2) is 9.55 Å². The molecule has 0 atom stereocenters. The van der Waals surface area contributed by atoms with Crippen LogP contribution in [-0.2, 0) is 0 Å². The molecule has 0 unspecified atom stereocenters. The number of aryl methyl sites for hydroxylation is 2. The van der Waals surface area contributed by atoms with E-state index < -0.39 is 0 Å². The number of nitrogens with two attached hydrogens (primary N) is 1. The first-order valence-electron chi connectivity index (χ1n) is 7.48. The van der Waals surface area contributed by atoms with Crippen LogP contribution in [0.3, 0.4) is 0 Å². The molecule has 0 saturated heterocycles. The number of benzene rings is 2. The molecule has 4 rings (SSSR count). The minimum atomic E-state index is 0.576. The predicted octanol–water partition coefficient (Wildman–Crippen LogP) is 4.24. The number of hydrogen-bond acceptors (Lipinski definition) is 2. The minimum absolute atomic E-state index is 0.576. The molecule has 0 bridgehead atoms. The third-order valence-corrected chi connectivity index (χ3v) is 4.21. The van der Waals surface area contributed by atoms with Gasteiger partial charge >= 0.3 is 0 Å². The number of imidazole rings is 1. The van der Waals surface area contributed by atoms with Crippen LogP contribution in [0.1, 0.15) is 30.0 Å². The molecule has 0 aliphatic heterocycles. The molecule has 1 saturated carbocycles. The number of anilines is 1. The Hall–Kier alpha value is -2.29. The van der Waals surface area contributed by atoms with Gasteiger partial charge in [-0.25, -0.2) is 4.98 Å². The van der Waals surface area contributed by atoms with E-state index in [4.69, 9.17) is 10.7 Å². The lowest BCUT2D eigenvalue weighted by molar-refractivity contribution is 0.775. The van der Waals surface area contributed by atoms with Gasteiger partial charge in [-0.05, 0) is 56.5 Å². The van der Waals surface area contributed by atoms with E-state index in [9.17, 15) is 0 Å². The van der Waals surface area contributed by atoms with Gasteiger partial charge in [0.2, 0.25) is 0 Å². The smallest absolute Gasteiger partial charge is 0.143 e. The molecular weight excluding hydrogens is 258 g/mol.